The molecule has 0 saturated heterocycles. The Morgan fingerprint density at radius 2 is 1.88 bits per heavy atom. The van der Waals surface area contributed by atoms with E-state index in [0.717, 1.165) is 36.3 Å². The molecule has 2 aliphatic carbocycles. The first-order chi connectivity index (χ1) is 12.0. The van der Waals surface area contributed by atoms with Gasteiger partial charge < -0.3 is 16.4 Å². The number of nitrogens with one attached hydrogen (secondary N) is 2. The highest BCUT2D eigenvalue weighted by molar-refractivity contribution is 7.98. The molecule has 4 N–H and O–H groups in total. The van der Waals surface area contributed by atoms with E-state index < -0.39 is 0 Å². The molecule has 0 spiro atoms. The van der Waals surface area contributed by atoms with Gasteiger partial charge in [-0.25, -0.2) is 0 Å². The highest BCUT2D eigenvalue weighted by Gasteiger charge is 2.39. The summed E-state index contributed by atoms with van der Waals surface area (Å²) in [5.41, 5.74) is 7.57. The molecule has 6 heteroatoms. The van der Waals surface area contributed by atoms with Crippen LogP contribution in [0.15, 0.2) is 23.1 Å². The summed E-state index contributed by atoms with van der Waals surface area (Å²) >= 11 is 1.52. The summed E-state index contributed by atoms with van der Waals surface area (Å²) in [6.45, 7) is 1.48. The molecule has 2 amide bonds. The van der Waals surface area contributed by atoms with E-state index in [4.69, 9.17) is 5.73 Å². The topological polar surface area (TPSA) is 84.2 Å². The van der Waals surface area contributed by atoms with E-state index in [-0.39, 0.29) is 23.9 Å². The summed E-state index contributed by atoms with van der Waals surface area (Å²) in [6, 6.07) is 5.97. The van der Waals surface area contributed by atoms with Crippen LogP contribution in [0, 0.1) is 11.8 Å². The maximum Gasteiger partial charge on any atom is 0.251 e. The van der Waals surface area contributed by atoms with Gasteiger partial charge in [-0.1, -0.05) is 6.42 Å². The summed E-state index contributed by atoms with van der Waals surface area (Å²) in [5, 5.41) is 6.08. The van der Waals surface area contributed by atoms with Gasteiger partial charge in [0.25, 0.3) is 5.91 Å². The third-order valence-electron chi connectivity index (χ3n) is 5.45. The van der Waals surface area contributed by atoms with Crippen molar-refractivity contribution < 1.29 is 9.59 Å². The van der Waals surface area contributed by atoms with E-state index in [9.17, 15) is 9.59 Å². The minimum atomic E-state index is -0.112. The van der Waals surface area contributed by atoms with Crippen molar-refractivity contribution >= 4 is 29.3 Å². The van der Waals surface area contributed by atoms with Crippen LogP contribution in [-0.4, -0.2) is 30.2 Å². The lowest BCUT2D eigenvalue weighted by molar-refractivity contribution is -0.114. The van der Waals surface area contributed by atoms with Crippen LogP contribution in [0.5, 0.6) is 0 Å². The summed E-state index contributed by atoms with van der Waals surface area (Å²) in [7, 11) is 0. The number of benzene rings is 1. The normalized spacial score (nSPS) is 28.3. The molecule has 25 heavy (non-hydrogen) atoms. The highest BCUT2D eigenvalue weighted by atomic mass is 32.2. The first kappa shape index (κ1) is 18.3. The zero-order chi connectivity index (χ0) is 18.0. The molecule has 1 aromatic rings. The van der Waals surface area contributed by atoms with Crippen LogP contribution in [0.25, 0.3) is 0 Å². The third kappa shape index (κ3) is 4.18. The lowest BCUT2D eigenvalue weighted by Crippen LogP contribution is -2.53. The fourth-order valence-corrected chi connectivity index (χ4v) is 4.97. The second-order valence-electron chi connectivity index (χ2n) is 7.28. The standard InChI is InChI=1S/C19H27N3O2S/c1-11(23)21-16-7-6-14(10-17(16)25-2)19(24)22-18-12-4-3-5-13(18)9-15(20)8-12/h6-7,10,12-13,15,18H,3-5,8-9,20H2,1-2H3,(H,21,23)(H,22,24). The number of nitrogens with two attached hydrogens (primary N) is 1. The fraction of sp³-hybridized carbons (Fsp3) is 0.579. The Morgan fingerprint density at radius 3 is 2.48 bits per heavy atom. The number of fused-ring (bicyclic) bond motifs is 2. The molecule has 1 aromatic carbocycles. The SMILES string of the molecule is CSc1cc(C(=O)NC2C3CCCC2CC(N)C3)ccc1NC(C)=O. The summed E-state index contributed by atoms with van der Waals surface area (Å²) in [4.78, 5) is 25.0. The predicted molar refractivity (Wildman–Crippen MR) is 102 cm³/mol. The van der Waals surface area contributed by atoms with Gasteiger partial charge in [-0.15, -0.1) is 11.8 Å². The largest absolute Gasteiger partial charge is 0.349 e. The molecular formula is C19H27N3O2S. The fourth-order valence-electron chi connectivity index (χ4n) is 4.38. The second-order valence-corrected chi connectivity index (χ2v) is 8.13. The molecule has 136 valence electrons. The van der Waals surface area contributed by atoms with E-state index in [1.165, 1.54) is 25.1 Å². The Bertz CT molecular complexity index is 650. The average Bonchev–Trinajstić information content (AvgIpc) is 2.55. The van der Waals surface area contributed by atoms with Gasteiger partial charge in [-0.2, -0.15) is 0 Å². The first-order valence-electron chi connectivity index (χ1n) is 9.00. The number of carbonyl (C=O) groups excluding carboxylic acids is 2. The molecule has 3 rings (SSSR count). The highest BCUT2D eigenvalue weighted by Crippen LogP contribution is 2.39. The summed E-state index contributed by atoms with van der Waals surface area (Å²) in [5.74, 6) is 0.871. The lowest BCUT2D eigenvalue weighted by Gasteiger charge is -2.45. The van der Waals surface area contributed by atoms with Gasteiger partial charge in [0.2, 0.25) is 5.91 Å². The van der Waals surface area contributed by atoms with Crippen LogP contribution in [0.4, 0.5) is 5.69 Å². The molecule has 2 saturated carbocycles. The Hall–Kier alpha value is -1.53. The molecule has 2 bridgehead atoms. The molecular weight excluding hydrogens is 334 g/mol. The van der Waals surface area contributed by atoms with Crippen molar-refractivity contribution in [3.05, 3.63) is 23.8 Å². The van der Waals surface area contributed by atoms with Crippen LogP contribution in [0.2, 0.25) is 0 Å². The third-order valence-corrected chi connectivity index (χ3v) is 6.23. The van der Waals surface area contributed by atoms with Crippen LogP contribution in [0.1, 0.15) is 49.4 Å². The number of amides is 2. The Labute approximate surface area is 153 Å². The molecule has 0 radical (unpaired) electrons. The molecule has 2 atom stereocenters. The van der Waals surface area contributed by atoms with Crippen LogP contribution in [0.3, 0.4) is 0 Å². The van der Waals surface area contributed by atoms with Crippen molar-refractivity contribution in [1.82, 2.24) is 5.32 Å². The van der Waals surface area contributed by atoms with Crippen molar-refractivity contribution in [1.29, 1.82) is 0 Å². The minimum Gasteiger partial charge on any atom is -0.349 e. The number of carbonyl (C=O) groups is 2. The lowest BCUT2D eigenvalue weighted by atomic mass is 9.67. The smallest absolute Gasteiger partial charge is 0.251 e. The Kier molecular flexibility index (Phi) is 5.69. The number of thioether (sulfide) groups is 1. The molecule has 5 nitrogen and oxygen atoms in total. The van der Waals surface area contributed by atoms with E-state index in [1.807, 2.05) is 12.3 Å². The van der Waals surface area contributed by atoms with Crippen molar-refractivity contribution in [2.24, 2.45) is 17.6 Å². The van der Waals surface area contributed by atoms with Gasteiger partial charge in [0.1, 0.15) is 0 Å². The van der Waals surface area contributed by atoms with E-state index in [1.54, 1.807) is 12.1 Å². The molecule has 0 aliphatic heterocycles. The van der Waals surface area contributed by atoms with Crippen molar-refractivity contribution in [2.45, 2.75) is 56.0 Å². The zero-order valence-corrected chi connectivity index (χ0v) is 15.7. The maximum atomic E-state index is 12.8. The number of anilines is 1. The number of hydrogen-bond acceptors (Lipinski definition) is 4. The minimum absolute atomic E-state index is 0.0259. The monoisotopic (exact) mass is 361 g/mol. The van der Waals surface area contributed by atoms with Crippen molar-refractivity contribution in [3.8, 4) is 0 Å². The molecule has 2 unspecified atom stereocenters. The second kappa shape index (κ2) is 7.79. The quantitative estimate of drug-likeness (QED) is 0.720. The first-order valence-corrected chi connectivity index (χ1v) is 10.2. The van der Waals surface area contributed by atoms with Gasteiger partial charge in [-0.3, -0.25) is 9.59 Å². The average molecular weight is 362 g/mol. The Balaban J connectivity index is 1.74. The molecule has 0 heterocycles. The zero-order valence-electron chi connectivity index (χ0n) is 14.9. The van der Waals surface area contributed by atoms with Crippen molar-refractivity contribution in [3.63, 3.8) is 0 Å². The van der Waals surface area contributed by atoms with Crippen LogP contribution >= 0.6 is 11.8 Å². The van der Waals surface area contributed by atoms with Gasteiger partial charge in [-0.05, 0) is 62.0 Å². The van der Waals surface area contributed by atoms with Crippen LogP contribution in [-0.2, 0) is 4.79 Å². The van der Waals surface area contributed by atoms with Gasteiger partial charge in [0.05, 0.1) is 5.69 Å². The van der Waals surface area contributed by atoms with Gasteiger partial charge in [0.15, 0.2) is 0 Å². The van der Waals surface area contributed by atoms with Gasteiger partial charge in [0, 0.05) is 29.5 Å². The predicted octanol–water partition coefficient (Wildman–Crippen LogP) is 3.00. The number of rotatable bonds is 4. The maximum absolute atomic E-state index is 12.8. The van der Waals surface area contributed by atoms with E-state index >= 15 is 0 Å². The molecule has 2 fully saturated rings. The summed E-state index contributed by atoms with van der Waals surface area (Å²) < 4.78 is 0. The van der Waals surface area contributed by atoms with E-state index in [2.05, 4.69) is 10.6 Å². The van der Waals surface area contributed by atoms with Crippen LogP contribution < -0.4 is 16.4 Å². The van der Waals surface area contributed by atoms with Crippen molar-refractivity contribution in [2.75, 3.05) is 11.6 Å². The Morgan fingerprint density at radius 1 is 1.20 bits per heavy atom. The van der Waals surface area contributed by atoms with Gasteiger partial charge >= 0.3 is 0 Å². The molecule has 0 aromatic heterocycles. The number of hydrogen-bond donors (Lipinski definition) is 3. The summed E-state index contributed by atoms with van der Waals surface area (Å²) in [6.07, 6.45) is 7.53. The molecule has 2 aliphatic rings. The van der Waals surface area contributed by atoms with E-state index in [0.29, 0.717) is 17.4 Å².